The van der Waals surface area contributed by atoms with Crippen LogP contribution >= 0.6 is 0 Å². The Morgan fingerprint density at radius 2 is 1.52 bits per heavy atom. The number of nitrogens with one attached hydrogen (secondary N) is 1. The summed E-state index contributed by atoms with van der Waals surface area (Å²) in [6.45, 7) is 6.72. The summed E-state index contributed by atoms with van der Waals surface area (Å²) in [4.78, 5) is 15.0. The highest BCUT2D eigenvalue weighted by Crippen LogP contribution is 2.30. The van der Waals surface area contributed by atoms with Crippen LogP contribution in [0, 0.1) is 5.82 Å². The summed E-state index contributed by atoms with van der Waals surface area (Å²) in [7, 11) is 3.12. The predicted molar refractivity (Wildman–Crippen MR) is 124 cm³/mol. The number of rotatable bonds is 10. The SMILES string of the molecule is CCOc1cc(CN2CCC(NC(=O)c3cc(OC)cc(OC)c3)CC2)cc(OCC)c1F. The molecule has 2 aromatic rings. The third kappa shape index (κ3) is 6.51. The van der Waals surface area contributed by atoms with Crippen LogP contribution in [0.1, 0.15) is 42.6 Å². The van der Waals surface area contributed by atoms with Crippen LogP contribution in [0.2, 0.25) is 0 Å². The Balaban J connectivity index is 1.59. The van der Waals surface area contributed by atoms with E-state index in [0.29, 0.717) is 36.8 Å². The number of likely N-dealkylation sites (tertiary alicyclic amines) is 1. The number of piperidine rings is 1. The Morgan fingerprint density at radius 1 is 0.970 bits per heavy atom. The van der Waals surface area contributed by atoms with E-state index in [0.717, 1.165) is 31.5 Å². The number of benzene rings is 2. The van der Waals surface area contributed by atoms with Crippen LogP contribution in [0.4, 0.5) is 4.39 Å². The average molecular weight is 461 g/mol. The summed E-state index contributed by atoms with van der Waals surface area (Å²) >= 11 is 0. The van der Waals surface area contributed by atoms with Gasteiger partial charge < -0.3 is 24.3 Å². The molecule has 1 heterocycles. The summed E-state index contributed by atoms with van der Waals surface area (Å²) in [6.07, 6.45) is 1.65. The molecule has 0 bridgehead atoms. The number of nitrogens with zero attached hydrogens (tertiary/aromatic N) is 1. The van der Waals surface area contributed by atoms with E-state index < -0.39 is 5.82 Å². The lowest BCUT2D eigenvalue weighted by molar-refractivity contribution is 0.0908. The first-order chi connectivity index (χ1) is 16.0. The van der Waals surface area contributed by atoms with Gasteiger partial charge >= 0.3 is 0 Å². The summed E-state index contributed by atoms with van der Waals surface area (Å²) in [5, 5.41) is 3.12. The first-order valence-electron chi connectivity index (χ1n) is 11.3. The first kappa shape index (κ1) is 24.6. The van der Waals surface area contributed by atoms with Crippen LogP contribution in [-0.4, -0.2) is 57.4 Å². The number of hydrogen-bond donors (Lipinski definition) is 1. The molecule has 0 radical (unpaired) electrons. The molecule has 8 heteroatoms. The second-order valence-electron chi connectivity index (χ2n) is 7.90. The lowest BCUT2D eigenvalue weighted by atomic mass is 10.0. The van der Waals surface area contributed by atoms with Gasteiger partial charge in [0, 0.05) is 37.3 Å². The van der Waals surface area contributed by atoms with Crippen molar-refractivity contribution >= 4 is 5.91 Å². The van der Waals surface area contributed by atoms with Crippen LogP contribution < -0.4 is 24.3 Å². The van der Waals surface area contributed by atoms with Crippen molar-refractivity contribution < 1.29 is 28.1 Å². The monoisotopic (exact) mass is 460 g/mol. The minimum absolute atomic E-state index is 0.0807. The lowest BCUT2D eigenvalue weighted by Gasteiger charge is -2.32. The Kier molecular flexibility index (Phi) is 8.77. The van der Waals surface area contributed by atoms with Crippen molar-refractivity contribution in [1.29, 1.82) is 0 Å². The second kappa shape index (κ2) is 11.7. The number of methoxy groups -OCH3 is 2. The van der Waals surface area contributed by atoms with E-state index in [4.69, 9.17) is 18.9 Å². The summed E-state index contributed by atoms with van der Waals surface area (Å²) < 4.78 is 35.9. The molecule has 180 valence electrons. The molecule has 0 spiro atoms. The molecular formula is C25H33FN2O5. The van der Waals surface area contributed by atoms with Crippen molar-refractivity contribution in [2.75, 3.05) is 40.5 Å². The fourth-order valence-corrected chi connectivity index (χ4v) is 3.94. The van der Waals surface area contributed by atoms with E-state index in [1.54, 1.807) is 44.6 Å². The molecule has 0 saturated carbocycles. The quantitative estimate of drug-likeness (QED) is 0.577. The maximum absolute atomic E-state index is 14.5. The molecule has 1 fully saturated rings. The highest BCUT2D eigenvalue weighted by Gasteiger charge is 2.23. The van der Waals surface area contributed by atoms with Gasteiger partial charge in [-0.3, -0.25) is 9.69 Å². The maximum atomic E-state index is 14.5. The number of carbonyl (C=O) groups is 1. The van der Waals surface area contributed by atoms with Crippen LogP contribution in [0.25, 0.3) is 0 Å². The zero-order chi connectivity index (χ0) is 23.8. The van der Waals surface area contributed by atoms with E-state index in [1.807, 2.05) is 13.8 Å². The van der Waals surface area contributed by atoms with Gasteiger partial charge in [0.2, 0.25) is 5.82 Å². The highest BCUT2D eigenvalue weighted by molar-refractivity contribution is 5.95. The fourth-order valence-electron chi connectivity index (χ4n) is 3.94. The average Bonchev–Trinajstić information content (AvgIpc) is 2.83. The molecule has 3 rings (SSSR count). The molecule has 33 heavy (non-hydrogen) atoms. The van der Waals surface area contributed by atoms with Crippen LogP contribution in [-0.2, 0) is 6.54 Å². The number of hydrogen-bond acceptors (Lipinski definition) is 6. The molecule has 2 aromatic carbocycles. The zero-order valence-corrected chi connectivity index (χ0v) is 19.8. The van der Waals surface area contributed by atoms with Crippen molar-refractivity contribution in [3.63, 3.8) is 0 Å². The van der Waals surface area contributed by atoms with E-state index in [1.165, 1.54) is 0 Å². The zero-order valence-electron chi connectivity index (χ0n) is 19.8. The number of carbonyl (C=O) groups excluding carboxylic acids is 1. The molecule has 1 saturated heterocycles. The lowest BCUT2D eigenvalue weighted by Crippen LogP contribution is -2.44. The van der Waals surface area contributed by atoms with Crippen molar-refractivity contribution in [3.05, 3.63) is 47.3 Å². The van der Waals surface area contributed by atoms with Crippen molar-refractivity contribution in [2.24, 2.45) is 0 Å². The standard InChI is InChI=1S/C25H33FN2O5/c1-5-32-22-11-17(12-23(24(22)26)33-6-2)16-28-9-7-19(8-10-28)27-25(29)18-13-20(30-3)15-21(14-18)31-4/h11-15,19H,5-10,16H2,1-4H3,(H,27,29). The molecule has 0 aliphatic carbocycles. The van der Waals surface area contributed by atoms with Gasteiger partial charge in [-0.2, -0.15) is 4.39 Å². The fraction of sp³-hybridized carbons (Fsp3) is 0.480. The Bertz CT molecular complexity index is 895. The molecule has 1 amide bonds. The number of amides is 1. The van der Waals surface area contributed by atoms with E-state index in [9.17, 15) is 9.18 Å². The Hall–Kier alpha value is -3.00. The summed E-state index contributed by atoms with van der Waals surface area (Å²) in [5.74, 6) is 0.978. The van der Waals surface area contributed by atoms with Crippen molar-refractivity contribution in [3.8, 4) is 23.0 Å². The van der Waals surface area contributed by atoms with Gasteiger partial charge in [-0.1, -0.05) is 0 Å². The van der Waals surface area contributed by atoms with Crippen LogP contribution in [0.3, 0.4) is 0 Å². The first-order valence-corrected chi connectivity index (χ1v) is 11.3. The molecule has 7 nitrogen and oxygen atoms in total. The number of ether oxygens (including phenoxy) is 4. The van der Waals surface area contributed by atoms with E-state index in [-0.39, 0.29) is 23.4 Å². The van der Waals surface area contributed by atoms with Gasteiger partial charge in [0.05, 0.1) is 27.4 Å². The minimum Gasteiger partial charge on any atom is -0.497 e. The largest absolute Gasteiger partial charge is 0.497 e. The van der Waals surface area contributed by atoms with Crippen LogP contribution in [0.5, 0.6) is 23.0 Å². The molecule has 1 aliphatic rings. The summed E-state index contributed by atoms with van der Waals surface area (Å²) in [6, 6.07) is 8.70. The van der Waals surface area contributed by atoms with Gasteiger partial charge in [0.1, 0.15) is 11.5 Å². The molecule has 0 atom stereocenters. The normalized spacial score (nSPS) is 14.6. The molecule has 0 unspecified atom stereocenters. The molecule has 1 N–H and O–H groups in total. The third-order valence-electron chi connectivity index (χ3n) is 5.61. The number of halogens is 1. The third-order valence-corrected chi connectivity index (χ3v) is 5.61. The van der Waals surface area contributed by atoms with Crippen molar-refractivity contribution in [1.82, 2.24) is 10.2 Å². The maximum Gasteiger partial charge on any atom is 0.251 e. The van der Waals surface area contributed by atoms with Crippen LogP contribution in [0.15, 0.2) is 30.3 Å². The molecule has 0 aromatic heterocycles. The smallest absolute Gasteiger partial charge is 0.251 e. The molecule has 1 aliphatic heterocycles. The van der Waals surface area contributed by atoms with Gasteiger partial charge in [-0.25, -0.2) is 0 Å². The van der Waals surface area contributed by atoms with E-state index >= 15 is 0 Å². The Morgan fingerprint density at radius 3 is 2.00 bits per heavy atom. The minimum atomic E-state index is -0.460. The van der Waals surface area contributed by atoms with Crippen molar-refractivity contribution in [2.45, 2.75) is 39.3 Å². The van der Waals surface area contributed by atoms with Gasteiger partial charge in [0.25, 0.3) is 5.91 Å². The van der Waals surface area contributed by atoms with E-state index in [2.05, 4.69) is 10.2 Å². The second-order valence-corrected chi connectivity index (χ2v) is 7.90. The van der Waals surface area contributed by atoms with Gasteiger partial charge in [0.15, 0.2) is 11.5 Å². The highest BCUT2D eigenvalue weighted by atomic mass is 19.1. The molecular weight excluding hydrogens is 427 g/mol. The van der Waals surface area contributed by atoms with Gasteiger partial charge in [-0.05, 0) is 56.5 Å². The van der Waals surface area contributed by atoms with Gasteiger partial charge in [-0.15, -0.1) is 0 Å². The topological polar surface area (TPSA) is 69.3 Å². The summed E-state index contributed by atoms with van der Waals surface area (Å²) in [5.41, 5.74) is 1.45. The Labute approximate surface area is 194 Å². The predicted octanol–water partition coefficient (Wildman–Crippen LogP) is 4.03.